The average molecular weight is 251 g/mol. The molecule has 1 aromatic heterocycles. The Morgan fingerprint density at radius 3 is 2.87 bits per heavy atom. The van der Waals surface area contributed by atoms with Gasteiger partial charge in [0, 0.05) is 19.8 Å². The summed E-state index contributed by atoms with van der Waals surface area (Å²) in [5, 5.41) is 0.000270. The zero-order valence-corrected chi connectivity index (χ0v) is 10.0. The molecule has 0 aromatic carbocycles. The predicted octanol–water partition coefficient (Wildman–Crippen LogP) is 2.15. The fourth-order valence-electron chi connectivity index (χ4n) is 1.17. The van der Waals surface area contributed by atoms with Crippen LogP contribution in [0, 0.1) is 0 Å². The maximum Gasteiger partial charge on any atom is 0.273 e. The van der Waals surface area contributed by atoms with E-state index in [-0.39, 0.29) is 21.8 Å². The number of hydrogen-bond donors (Lipinski definition) is 0. The molecule has 4 nitrogen and oxygen atoms in total. The molecule has 0 aliphatic rings. The first-order valence-electron chi connectivity index (χ1n) is 4.49. The third-order valence-electron chi connectivity index (χ3n) is 2.11. The van der Waals surface area contributed by atoms with E-state index in [0.29, 0.717) is 6.61 Å². The lowest BCUT2D eigenvalue weighted by molar-refractivity contribution is 0.180. The number of aromatic nitrogens is 2. The van der Waals surface area contributed by atoms with Gasteiger partial charge in [0.25, 0.3) is 5.56 Å². The van der Waals surface area contributed by atoms with Gasteiger partial charge in [-0.05, 0) is 13.3 Å². The van der Waals surface area contributed by atoms with E-state index >= 15 is 0 Å². The first-order valence-corrected chi connectivity index (χ1v) is 5.24. The number of halogens is 2. The Morgan fingerprint density at radius 1 is 1.60 bits per heavy atom. The molecule has 0 saturated heterocycles. The van der Waals surface area contributed by atoms with Gasteiger partial charge in [0.2, 0.25) is 0 Å². The molecule has 1 atom stereocenters. The van der Waals surface area contributed by atoms with Crippen LogP contribution < -0.4 is 5.56 Å². The molecular formula is C9H12Cl2N2O2. The van der Waals surface area contributed by atoms with E-state index in [4.69, 9.17) is 27.9 Å². The third-order valence-corrected chi connectivity index (χ3v) is 2.84. The molecule has 1 unspecified atom stereocenters. The van der Waals surface area contributed by atoms with Crippen LogP contribution in [-0.4, -0.2) is 23.3 Å². The summed E-state index contributed by atoms with van der Waals surface area (Å²) < 4.78 is 6.38. The van der Waals surface area contributed by atoms with Crippen LogP contribution in [0.5, 0.6) is 0 Å². The van der Waals surface area contributed by atoms with Gasteiger partial charge in [-0.2, -0.15) is 0 Å². The monoisotopic (exact) mass is 250 g/mol. The summed E-state index contributed by atoms with van der Waals surface area (Å²) in [4.78, 5) is 15.5. The maximum atomic E-state index is 11.7. The summed E-state index contributed by atoms with van der Waals surface area (Å²) in [5.41, 5.74) is -0.319. The van der Waals surface area contributed by atoms with Crippen LogP contribution in [0.4, 0.5) is 0 Å². The second-order valence-corrected chi connectivity index (χ2v) is 3.93. The Bertz CT molecular complexity index is 392. The largest absolute Gasteiger partial charge is 0.385 e. The van der Waals surface area contributed by atoms with Crippen molar-refractivity contribution < 1.29 is 4.74 Å². The Balaban J connectivity index is 2.95. The number of hydrogen-bond acceptors (Lipinski definition) is 3. The Kier molecular flexibility index (Phi) is 4.57. The van der Waals surface area contributed by atoms with Crippen molar-refractivity contribution in [3.05, 3.63) is 26.9 Å². The van der Waals surface area contributed by atoms with Crippen molar-refractivity contribution in [2.75, 3.05) is 13.7 Å². The maximum absolute atomic E-state index is 11.7. The molecule has 0 radical (unpaired) electrons. The predicted molar refractivity (Wildman–Crippen MR) is 59.7 cm³/mol. The summed E-state index contributed by atoms with van der Waals surface area (Å²) in [6.07, 6.45) is 2.12. The molecule has 1 heterocycles. The number of ether oxygens (including phenoxy) is 1. The fraction of sp³-hybridized carbons (Fsp3) is 0.556. The number of nitrogens with zero attached hydrogens (tertiary/aromatic N) is 2. The van der Waals surface area contributed by atoms with Gasteiger partial charge in [0.05, 0.1) is 6.33 Å². The van der Waals surface area contributed by atoms with Crippen LogP contribution in [0.25, 0.3) is 0 Å². The highest BCUT2D eigenvalue weighted by molar-refractivity contribution is 6.40. The Morgan fingerprint density at radius 2 is 2.27 bits per heavy atom. The molecular weight excluding hydrogens is 239 g/mol. The lowest BCUT2D eigenvalue weighted by Crippen LogP contribution is -2.24. The van der Waals surface area contributed by atoms with Crippen LogP contribution in [-0.2, 0) is 4.74 Å². The first-order chi connectivity index (χ1) is 7.07. The van der Waals surface area contributed by atoms with E-state index in [9.17, 15) is 4.79 Å². The fourth-order valence-corrected chi connectivity index (χ4v) is 1.44. The molecule has 0 N–H and O–H groups in total. The molecule has 0 spiro atoms. The van der Waals surface area contributed by atoms with Crippen molar-refractivity contribution in [2.45, 2.75) is 19.4 Å². The van der Waals surface area contributed by atoms with Gasteiger partial charge in [0.1, 0.15) is 5.02 Å². The molecule has 1 rings (SSSR count). The SMILES string of the molecule is COCCC(C)n1cnc(Cl)c(Cl)c1=O. The molecule has 84 valence electrons. The van der Waals surface area contributed by atoms with E-state index in [1.54, 1.807) is 7.11 Å². The lowest BCUT2D eigenvalue weighted by Gasteiger charge is -2.14. The summed E-state index contributed by atoms with van der Waals surface area (Å²) in [6, 6.07) is -0.0142. The number of rotatable bonds is 4. The van der Waals surface area contributed by atoms with E-state index in [2.05, 4.69) is 4.98 Å². The molecule has 0 saturated carbocycles. The highest BCUT2D eigenvalue weighted by Crippen LogP contribution is 2.15. The van der Waals surface area contributed by atoms with Crippen molar-refractivity contribution >= 4 is 23.2 Å². The molecule has 1 aromatic rings. The molecule has 0 fully saturated rings. The summed E-state index contributed by atoms with van der Waals surface area (Å²) >= 11 is 11.3. The molecule has 0 aliphatic heterocycles. The molecule has 6 heteroatoms. The minimum absolute atomic E-state index is 0.0142. The van der Waals surface area contributed by atoms with E-state index < -0.39 is 0 Å². The van der Waals surface area contributed by atoms with Crippen molar-refractivity contribution in [2.24, 2.45) is 0 Å². The second-order valence-electron chi connectivity index (χ2n) is 3.19. The van der Waals surface area contributed by atoms with Crippen molar-refractivity contribution in [3.8, 4) is 0 Å². The quantitative estimate of drug-likeness (QED) is 0.770. The van der Waals surface area contributed by atoms with Gasteiger partial charge in [-0.3, -0.25) is 9.36 Å². The topological polar surface area (TPSA) is 44.1 Å². The molecule has 0 bridgehead atoms. The number of methoxy groups -OCH3 is 1. The van der Waals surface area contributed by atoms with E-state index in [1.165, 1.54) is 10.9 Å². The zero-order chi connectivity index (χ0) is 11.4. The highest BCUT2D eigenvalue weighted by Gasteiger charge is 2.11. The van der Waals surface area contributed by atoms with E-state index in [1.807, 2.05) is 6.92 Å². The van der Waals surface area contributed by atoms with Crippen LogP contribution in [0.3, 0.4) is 0 Å². The first kappa shape index (κ1) is 12.5. The van der Waals surface area contributed by atoms with E-state index in [0.717, 1.165) is 6.42 Å². The third kappa shape index (κ3) is 2.93. The zero-order valence-electron chi connectivity index (χ0n) is 8.54. The molecule has 0 amide bonds. The van der Waals surface area contributed by atoms with Crippen molar-refractivity contribution in [3.63, 3.8) is 0 Å². The highest BCUT2D eigenvalue weighted by atomic mass is 35.5. The van der Waals surface area contributed by atoms with Crippen LogP contribution in [0.15, 0.2) is 11.1 Å². The summed E-state index contributed by atoms with van der Waals surface area (Å²) in [7, 11) is 1.61. The second kappa shape index (κ2) is 5.49. The van der Waals surface area contributed by atoms with Gasteiger partial charge in [-0.25, -0.2) is 4.98 Å². The van der Waals surface area contributed by atoms with Gasteiger partial charge in [-0.15, -0.1) is 0 Å². The Labute approximate surface area is 97.8 Å². The van der Waals surface area contributed by atoms with Gasteiger partial charge in [0.15, 0.2) is 5.15 Å². The van der Waals surface area contributed by atoms with Crippen molar-refractivity contribution in [1.82, 2.24) is 9.55 Å². The van der Waals surface area contributed by atoms with Crippen molar-refractivity contribution in [1.29, 1.82) is 0 Å². The van der Waals surface area contributed by atoms with Gasteiger partial charge < -0.3 is 4.74 Å². The normalized spacial score (nSPS) is 12.8. The van der Waals surface area contributed by atoms with Crippen LogP contribution in [0.1, 0.15) is 19.4 Å². The smallest absolute Gasteiger partial charge is 0.273 e. The lowest BCUT2D eigenvalue weighted by atomic mass is 10.2. The minimum atomic E-state index is -0.319. The van der Waals surface area contributed by atoms with Crippen LogP contribution in [0.2, 0.25) is 10.2 Å². The van der Waals surface area contributed by atoms with Crippen LogP contribution >= 0.6 is 23.2 Å². The molecule has 0 aliphatic carbocycles. The van der Waals surface area contributed by atoms with Gasteiger partial charge >= 0.3 is 0 Å². The van der Waals surface area contributed by atoms with Gasteiger partial charge in [-0.1, -0.05) is 23.2 Å². The summed E-state index contributed by atoms with van der Waals surface area (Å²) in [5.74, 6) is 0. The summed E-state index contributed by atoms with van der Waals surface area (Å²) in [6.45, 7) is 2.47. The Hall–Kier alpha value is -0.580. The standard InChI is InChI=1S/C9H12Cl2N2O2/c1-6(3-4-15-2)13-5-12-8(11)7(10)9(13)14/h5-6H,3-4H2,1-2H3. The molecule has 15 heavy (non-hydrogen) atoms. The minimum Gasteiger partial charge on any atom is -0.385 e. The average Bonchev–Trinajstić information content (AvgIpc) is 2.23.